The van der Waals surface area contributed by atoms with Gasteiger partial charge in [-0.2, -0.15) is 0 Å². The first-order valence-electron chi connectivity index (χ1n) is 6.90. The Labute approximate surface area is 121 Å². The molecule has 0 aliphatic rings. The van der Waals surface area contributed by atoms with E-state index in [2.05, 4.69) is 43.1 Å². The fourth-order valence-corrected chi connectivity index (χ4v) is 2.49. The van der Waals surface area contributed by atoms with E-state index < -0.39 is 0 Å². The summed E-state index contributed by atoms with van der Waals surface area (Å²) in [4.78, 5) is 2.26. The van der Waals surface area contributed by atoms with Gasteiger partial charge in [-0.3, -0.25) is 0 Å². The highest BCUT2D eigenvalue weighted by atomic mass is 35.5. The average Bonchev–Trinajstić information content (AvgIpc) is 2.40. The van der Waals surface area contributed by atoms with Gasteiger partial charge in [0.1, 0.15) is 0 Å². The van der Waals surface area contributed by atoms with Crippen LogP contribution in [0.3, 0.4) is 0 Å². The van der Waals surface area contributed by atoms with Crippen LogP contribution >= 0.6 is 11.6 Å². The molecule has 0 spiro atoms. The van der Waals surface area contributed by atoms with Gasteiger partial charge in [0.25, 0.3) is 0 Å². The molecule has 108 valence electrons. The second-order valence-electron chi connectivity index (χ2n) is 4.56. The molecule has 0 aliphatic heterocycles. The predicted octanol–water partition coefficient (Wildman–Crippen LogP) is 3.48. The van der Waals surface area contributed by atoms with Gasteiger partial charge in [0.2, 0.25) is 0 Å². The first-order valence-corrected chi connectivity index (χ1v) is 7.28. The molecule has 0 radical (unpaired) electrons. The average molecular weight is 285 g/mol. The Morgan fingerprint density at radius 2 is 2.11 bits per heavy atom. The normalized spacial score (nSPS) is 12.5. The number of nitrogens with one attached hydrogen (secondary N) is 1. The third-order valence-electron chi connectivity index (χ3n) is 3.27. The quantitative estimate of drug-likeness (QED) is 0.791. The fourth-order valence-electron chi connectivity index (χ4n) is 2.15. The number of methoxy groups -OCH3 is 1. The smallest absolute Gasteiger partial charge is 0.0637 e. The molecule has 0 saturated carbocycles. The molecule has 1 atom stereocenters. The zero-order valence-corrected chi connectivity index (χ0v) is 13.1. The second kappa shape index (κ2) is 8.41. The van der Waals surface area contributed by atoms with Crippen LogP contribution in [-0.2, 0) is 4.74 Å². The van der Waals surface area contributed by atoms with Crippen LogP contribution in [0.5, 0.6) is 0 Å². The SMILES string of the molecule is CCNC(C)c1ccc(N(CC)CCOC)cc1Cl. The van der Waals surface area contributed by atoms with E-state index in [1.807, 2.05) is 6.07 Å². The molecule has 0 fully saturated rings. The largest absolute Gasteiger partial charge is 0.383 e. The highest BCUT2D eigenvalue weighted by molar-refractivity contribution is 6.31. The van der Waals surface area contributed by atoms with Crippen LogP contribution in [0, 0.1) is 0 Å². The van der Waals surface area contributed by atoms with Crippen molar-refractivity contribution in [2.24, 2.45) is 0 Å². The molecule has 0 aliphatic carbocycles. The second-order valence-corrected chi connectivity index (χ2v) is 4.96. The minimum Gasteiger partial charge on any atom is -0.383 e. The number of hydrogen-bond donors (Lipinski definition) is 1. The number of halogens is 1. The van der Waals surface area contributed by atoms with Gasteiger partial charge in [-0.15, -0.1) is 0 Å². The van der Waals surface area contributed by atoms with Gasteiger partial charge in [0.05, 0.1) is 6.61 Å². The van der Waals surface area contributed by atoms with Gasteiger partial charge in [-0.25, -0.2) is 0 Å². The molecule has 19 heavy (non-hydrogen) atoms. The monoisotopic (exact) mass is 284 g/mol. The Hall–Kier alpha value is -0.770. The van der Waals surface area contributed by atoms with Crippen molar-refractivity contribution in [3.63, 3.8) is 0 Å². The number of likely N-dealkylation sites (N-methyl/N-ethyl adjacent to an activating group) is 1. The molecule has 0 bridgehead atoms. The molecule has 0 amide bonds. The maximum Gasteiger partial charge on any atom is 0.0637 e. The van der Waals surface area contributed by atoms with Gasteiger partial charge in [-0.05, 0) is 38.1 Å². The number of anilines is 1. The summed E-state index contributed by atoms with van der Waals surface area (Å²) in [7, 11) is 1.72. The van der Waals surface area contributed by atoms with Gasteiger partial charge >= 0.3 is 0 Å². The summed E-state index contributed by atoms with van der Waals surface area (Å²) in [5.74, 6) is 0. The molecular formula is C15H25ClN2O. The molecule has 1 N–H and O–H groups in total. The van der Waals surface area contributed by atoms with Crippen LogP contribution in [0.25, 0.3) is 0 Å². The van der Waals surface area contributed by atoms with Crippen LogP contribution in [0.2, 0.25) is 5.02 Å². The third-order valence-corrected chi connectivity index (χ3v) is 3.60. The highest BCUT2D eigenvalue weighted by Crippen LogP contribution is 2.27. The maximum absolute atomic E-state index is 6.40. The van der Waals surface area contributed by atoms with Crippen LogP contribution in [0.15, 0.2) is 18.2 Å². The van der Waals surface area contributed by atoms with Gasteiger partial charge in [-0.1, -0.05) is 24.6 Å². The molecule has 3 nitrogen and oxygen atoms in total. The van der Waals surface area contributed by atoms with Crippen molar-refractivity contribution < 1.29 is 4.74 Å². The lowest BCUT2D eigenvalue weighted by Crippen LogP contribution is -2.27. The van der Waals surface area contributed by atoms with Crippen molar-refractivity contribution in [2.45, 2.75) is 26.8 Å². The van der Waals surface area contributed by atoms with Crippen LogP contribution < -0.4 is 10.2 Å². The summed E-state index contributed by atoms with van der Waals surface area (Å²) in [5.41, 5.74) is 2.30. The molecule has 0 saturated heterocycles. The summed E-state index contributed by atoms with van der Waals surface area (Å²) < 4.78 is 5.14. The minimum atomic E-state index is 0.278. The Kier molecular flexibility index (Phi) is 7.21. The molecule has 1 aromatic carbocycles. The van der Waals surface area contributed by atoms with Gasteiger partial charge in [0.15, 0.2) is 0 Å². The molecule has 0 aromatic heterocycles. The molecular weight excluding hydrogens is 260 g/mol. The zero-order valence-electron chi connectivity index (χ0n) is 12.4. The van der Waals surface area contributed by atoms with E-state index in [-0.39, 0.29) is 6.04 Å². The van der Waals surface area contributed by atoms with E-state index >= 15 is 0 Å². The van der Waals surface area contributed by atoms with E-state index in [1.54, 1.807) is 7.11 Å². The Morgan fingerprint density at radius 1 is 1.37 bits per heavy atom. The number of benzene rings is 1. The first kappa shape index (κ1) is 16.3. The number of hydrogen-bond acceptors (Lipinski definition) is 3. The summed E-state index contributed by atoms with van der Waals surface area (Å²) in [6.45, 7) is 9.86. The molecule has 1 aromatic rings. The predicted molar refractivity (Wildman–Crippen MR) is 83.3 cm³/mol. The highest BCUT2D eigenvalue weighted by Gasteiger charge is 2.11. The topological polar surface area (TPSA) is 24.5 Å². The lowest BCUT2D eigenvalue weighted by Gasteiger charge is -2.24. The van der Waals surface area contributed by atoms with E-state index in [1.165, 1.54) is 0 Å². The number of ether oxygens (including phenoxy) is 1. The van der Waals surface area contributed by atoms with Crippen molar-refractivity contribution >= 4 is 17.3 Å². The number of rotatable bonds is 8. The Bertz CT molecular complexity index is 384. The lowest BCUT2D eigenvalue weighted by molar-refractivity contribution is 0.205. The minimum absolute atomic E-state index is 0.278. The van der Waals surface area contributed by atoms with Crippen LogP contribution in [0.4, 0.5) is 5.69 Å². The molecule has 1 rings (SSSR count). The first-order chi connectivity index (χ1) is 9.13. The zero-order chi connectivity index (χ0) is 14.3. The van der Waals surface area contributed by atoms with Gasteiger partial charge < -0.3 is 15.0 Å². The molecule has 0 heterocycles. The molecule has 4 heteroatoms. The third kappa shape index (κ3) is 4.68. The van der Waals surface area contributed by atoms with Crippen LogP contribution in [0.1, 0.15) is 32.4 Å². The van der Waals surface area contributed by atoms with Crippen LogP contribution in [-0.4, -0.2) is 33.4 Å². The Balaban J connectivity index is 2.85. The van der Waals surface area contributed by atoms with Crippen molar-refractivity contribution in [1.82, 2.24) is 5.32 Å². The van der Waals surface area contributed by atoms with Crippen molar-refractivity contribution in [2.75, 3.05) is 38.3 Å². The van der Waals surface area contributed by atoms with E-state index in [4.69, 9.17) is 16.3 Å². The van der Waals surface area contributed by atoms with Crippen molar-refractivity contribution in [3.8, 4) is 0 Å². The number of nitrogens with zero attached hydrogens (tertiary/aromatic N) is 1. The van der Waals surface area contributed by atoms with Gasteiger partial charge in [0, 0.05) is 37.0 Å². The standard InChI is InChI=1S/C15H25ClN2O/c1-5-17-12(3)14-8-7-13(11-15(14)16)18(6-2)9-10-19-4/h7-8,11-12,17H,5-6,9-10H2,1-4H3. The van der Waals surface area contributed by atoms with E-state index in [0.29, 0.717) is 0 Å². The van der Waals surface area contributed by atoms with E-state index in [0.717, 1.165) is 42.5 Å². The summed E-state index contributed by atoms with van der Waals surface area (Å²) in [5, 5.41) is 4.20. The fraction of sp³-hybridized carbons (Fsp3) is 0.600. The summed E-state index contributed by atoms with van der Waals surface area (Å²) >= 11 is 6.40. The maximum atomic E-state index is 6.40. The summed E-state index contributed by atoms with van der Waals surface area (Å²) in [6.07, 6.45) is 0. The molecule has 1 unspecified atom stereocenters. The lowest BCUT2D eigenvalue weighted by atomic mass is 10.1. The van der Waals surface area contributed by atoms with E-state index in [9.17, 15) is 0 Å². The van der Waals surface area contributed by atoms with Crippen molar-refractivity contribution in [1.29, 1.82) is 0 Å². The Morgan fingerprint density at radius 3 is 2.63 bits per heavy atom. The van der Waals surface area contributed by atoms with Crippen molar-refractivity contribution in [3.05, 3.63) is 28.8 Å². The summed E-state index contributed by atoms with van der Waals surface area (Å²) in [6, 6.07) is 6.57.